The molecule has 3 rings (SSSR count). The maximum absolute atomic E-state index is 13.7. The number of fused-ring (bicyclic) bond motifs is 1. The molecule has 0 fully saturated rings. The van der Waals surface area contributed by atoms with Crippen molar-refractivity contribution in [2.24, 2.45) is 0 Å². The minimum absolute atomic E-state index is 0.0589. The van der Waals surface area contributed by atoms with E-state index >= 15 is 0 Å². The Morgan fingerprint density at radius 1 is 1.00 bits per heavy atom. The van der Waals surface area contributed by atoms with Crippen LogP contribution in [0.1, 0.15) is 31.9 Å². The van der Waals surface area contributed by atoms with Gasteiger partial charge in [0.2, 0.25) is 0 Å². The molecule has 0 aliphatic carbocycles. The van der Waals surface area contributed by atoms with Crippen LogP contribution in [-0.4, -0.2) is 66.2 Å². The van der Waals surface area contributed by atoms with E-state index in [2.05, 4.69) is 15.6 Å². The predicted octanol–water partition coefficient (Wildman–Crippen LogP) is 4.03. The van der Waals surface area contributed by atoms with Crippen molar-refractivity contribution >= 4 is 28.9 Å². The van der Waals surface area contributed by atoms with Gasteiger partial charge >= 0.3 is 12.2 Å². The molecule has 1 unspecified atom stereocenters. The molecule has 0 aliphatic rings. The molecule has 9 nitrogen and oxygen atoms in total. The number of nitrogens with zero attached hydrogens (tertiary/aromatic N) is 1. The third-order valence-corrected chi connectivity index (χ3v) is 5.80. The fourth-order valence-corrected chi connectivity index (χ4v) is 3.94. The number of H-pyrrole nitrogens is 1. The fraction of sp³-hybridized carbons (Fsp3) is 0.393. The van der Waals surface area contributed by atoms with Crippen LogP contribution in [0.25, 0.3) is 10.9 Å². The first-order valence-corrected chi connectivity index (χ1v) is 12.2. The number of aromatic amines is 1. The number of hydrogen-bond acceptors (Lipinski definition) is 6. The molecular weight excluding hydrogens is 472 g/mol. The summed E-state index contributed by atoms with van der Waals surface area (Å²) in [6.45, 7) is 5.47. The lowest BCUT2D eigenvalue weighted by molar-refractivity contribution is -0.123. The van der Waals surface area contributed by atoms with E-state index in [-0.39, 0.29) is 25.4 Å². The SMILES string of the molecule is CNC(CN(C)C(=O)OCc1ccccc1)C(=O)[C@H](Cc1c[nH]c2ccccc12)NC(=O)OC(C)(C)C. The number of benzene rings is 2. The van der Waals surface area contributed by atoms with E-state index in [0.717, 1.165) is 22.0 Å². The summed E-state index contributed by atoms with van der Waals surface area (Å²) in [5, 5.41) is 6.69. The Bertz CT molecular complexity index is 1200. The van der Waals surface area contributed by atoms with Gasteiger partial charge in [-0.2, -0.15) is 0 Å². The molecule has 1 heterocycles. The number of rotatable bonds is 10. The molecule has 2 atom stereocenters. The van der Waals surface area contributed by atoms with Crippen LogP contribution in [0.4, 0.5) is 9.59 Å². The van der Waals surface area contributed by atoms with Gasteiger partial charge in [0, 0.05) is 37.1 Å². The van der Waals surface area contributed by atoms with Crippen LogP contribution in [0, 0.1) is 0 Å². The number of aromatic nitrogens is 1. The average molecular weight is 509 g/mol. The number of carbonyl (C=O) groups is 3. The zero-order chi connectivity index (χ0) is 27.0. The summed E-state index contributed by atoms with van der Waals surface area (Å²) in [5.74, 6) is -0.277. The first-order chi connectivity index (χ1) is 17.6. The van der Waals surface area contributed by atoms with Crippen molar-refractivity contribution in [3.63, 3.8) is 0 Å². The number of ketones is 1. The number of likely N-dealkylation sites (N-methyl/N-ethyl adjacent to an activating group) is 2. The summed E-state index contributed by atoms with van der Waals surface area (Å²) in [5.41, 5.74) is 1.97. The molecule has 3 N–H and O–H groups in total. The lowest BCUT2D eigenvalue weighted by Crippen LogP contribution is -2.54. The molecule has 9 heteroatoms. The predicted molar refractivity (Wildman–Crippen MR) is 142 cm³/mol. The molecule has 3 aromatic rings. The van der Waals surface area contributed by atoms with Crippen LogP contribution in [0.3, 0.4) is 0 Å². The molecule has 1 aromatic heterocycles. The molecule has 198 valence electrons. The molecule has 0 bridgehead atoms. The largest absolute Gasteiger partial charge is 0.445 e. The van der Waals surface area contributed by atoms with Gasteiger partial charge in [-0.25, -0.2) is 9.59 Å². The number of amides is 2. The van der Waals surface area contributed by atoms with Gasteiger partial charge in [-0.05, 0) is 45.0 Å². The quantitative estimate of drug-likeness (QED) is 0.381. The Morgan fingerprint density at radius 3 is 2.35 bits per heavy atom. The van der Waals surface area contributed by atoms with E-state index < -0.39 is 29.9 Å². The van der Waals surface area contributed by atoms with Crippen molar-refractivity contribution in [2.75, 3.05) is 20.6 Å². The van der Waals surface area contributed by atoms with Gasteiger partial charge in [-0.3, -0.25) is 4.79 Å². The monoisotopic (exact) mass is 508 g/mol. The summed E-state index contributed by atoms with van der Waals surface area (Å²) in [7, 11) is 3.21. The van der Waals surface area contributed by atoms with E-state index in [9.17, 15) is 14.4 Å². The molecule has 37 heavy (non-hydrogen) atoms. The molecule has 2 amide bonds. The van der Waals surface area contributed by atoms with E-state index in [1.54, 1.807) is 34.9 Å². The number of alkyl carbamates (subject to hydrolysis) is 1. The topological polar surface area (TPSA) is 113 Å². The van der Waals surface area contributed by atoms with Crippen molar-refractivity contribution in [3.05, 3.63) is 71.9 Å². The molecule has 0 spiro atoms. The van der Waals surface area contributed by atoms with E-state index in [4.69, 9.17) is 9.47 Å². The number of carbonyl (C=O) groups excluding carboxylic acids is 3. The van der Waals surface area contributed by atoms with Crippen LogP contribution in [0.2, 0.25) is 0 Å². The highest BCUT2D eigenvalue weighted by atomic mass is 16.6. The van der Waals surface area contributed by atoms with Crippen molar-refractivity contribution in [3.8, 4) is 0 Å². The second-order valence-corrected chi connectivity index (χ2v) is 9.93. The lowest BCUT2D eigenvalue weighted by atomic mass is 9.97. The maximum atomic E-state index is 13.7. The number of ether oxygens (including phenoxy) is 2. The van der Waals surface area contributed by atoms with E-state index in [1.807, 2.05) is 60.8 Å². The number of hydrogen-bond donors (Lipinski definition) is 3. The Kier molecular flexibility index (Phi) is 9.30. The Balaban J connectivity index is 1.72. The Hall–Kier alpha value is -3.85. The summed E-state index contributed by atoms with van der Waals surface area (Å²) in [6.07, 6.45) is 0.854. The first kappa shape index (κ1) is 27.7. The van der Waals surface area contributed by atoms with Crippen molar-refractivity contribution < 1.29 is 23.9 Å². The van der Waals surface area contributed by atoms with Gasteiger partial charge in [0.15, 0.2) is 5.78 Å². The van der Waals surface area contributed by atoms with Gasteiger partial charge in [-0.15, -0.1) is 0 Å². The average Bonchev–Trinajstić information content (AvgIpc) is 3.27. The molecular formula is C28H36N4O5. The van der Waals surface area contributed by atoms with Gasteiger partial charge in [0.05, 0.1) is 12.1 Å². The third kappa shape index (κ3) is 8.08. The Morgan fingerprint density at radius 2 is 1.68 bits per heavy atom. The number of nitrogens with one attached hydrogen (secondary N) is 3. The van der Waals surface area contributed by atoms with Gasteiger partial charge < -0.3 is 30.0 Å². The van der Waals surface area contributed by atoms with Gasteiger partial charge in [0.1, 0.15) is 12.2 Å². The zero-order valence-corrected chi connectivity index (χ0v) is 22.0. The highest BCUT2D eigenvalue weighted by Crippen LogP contribution is 2.20. The smallest absolute Gasteiger partial charge is 0.409 e. The molecule has 2 aromatic carbocycles. The second kappa shape index (κ2) is 12.4. The van der Waals surface area contributed by atoms with Crippen molar-refractivity contribution in [1.29, 1.82) is 0 Å². The fourth-order valence-electron chi connectivity index (χ4n) is 3.94. The highest BCUT2D eigenvalue weighted by molar-refractivity contribution is 5.93. The lowest BCUT2D eigenvalue weighted by Gasteiger charge is -2.27. The highest BCUT2D eigenvalue weighted by Gasteiger charge is 2.31. The molecule has 0 aliphatic heterocycles. The third-order valence-electron chi connectivity index (χ3n) is 5.80. The van der Waals surface area contributed by atoms with Crippen molar-refractivity contribution in [1.82, 2.24) is 20.5 Å². The van der Waals surface area contributed by atoms with E-state index in [0.29, 0.717) is 0 Å². The normalized spacial score (nSPS) is 13.0. The van der Waals surface area contributed by atoms with E-state index in [1.165, 1.54) is 4.90 Å². The molecule has 0 radical (unpaired) electrons. The summed E-state index contributed by atoms with van der Waals surface area (Å²) in [4.78, 5) is 43.4. The second-order valence-electron chi connectivity index (χ2n) is 9.93. The molecule has 0 saturated carbocycles. The standard InChI is InChI=1S/C28H36N4O5/c1-28(2,3)37-26(34)31-23(15-20-16-30-22-14-10-9-13-21(20)22)25(33)24(29-4)17-32(5)27(35)36-18-19-11-7-6-8-12-19/h6-14,16,23-24,29-30H,15,17-18H2,1-5H3,(H,31,34)/t23-,24?/m0/s1. The minimum atomic E-state index is -0.889. The molecule has 0 saturated heterocycles. The summed E-state index contributed by atoms with van der Waals surface area (Å²) in [6, 6.07) is 15.5. The van der Waals surface area contributed by atoms with Crippen LogP contribution >= 0.6 is 0 Å². The Labute approximate surface area is 217 Å². The minimum Gasteiger partial charge on any atom is -0.445 e. The number of para-hydroxylation sites is 1. The van der Waals surface area contributed by atoms with Crippen LogP contribution in [-0.2, 0) is 27.3 Å². The van der Waals surface area contributed by atoms with Gasteiger partial charge in [0.25, 0.3) is 0 Å². The maximum Gasteiger partial charge on any atom is 0.409 e. The van der Waals surface area contributed by atoms with Crippen LogP contribution in [0.5, 0.6) is 0 Å². The zero-order valence-electron chi connectivity index (χ0n) is 22.0. The van der Waals surface area contributed by atoms with Crippen molar-refractivity contribution in [2.45, 2.75) is 51.5 Å². The summed E-state index contributed by atoms with van der Waals surface area (Å²) < 4.78 is 10.8. The summed E-state index contributed by atoms with van der Waals surface area (Å²) >= 11 is 0. The first-order valence-electron chi connectivity index (χ1n) is 12.2. The van der Waals surface area contributed by atoms with Crippen LogP contribution in [0.15, 0.2) is 60.8 Å². The van der Waals surface area contributed by atoms with Gasteiger partial charge in [-0.1, -0.05) is 48.5 Å². The van der Waals surface area contributed by atoms with Crippen LogP contribution < -0.4 is 10.6 Å². The number of Topliss-reactive ketones (excluding diaryl/α,β-unsaturated/α-hetero) is 1.